The molecule has 1 saturated heterocycles. The van der Waals surface area contributed by atoms with Gasteiger partial charge in [-0.25, -0.2) is 0 Å². The molecule has 0 radical (unpaired) electrons. The van der Waals surface area contributed by atoms with E-state index in [9.17, 15) is 14.4 Å². The van der Waals surface area contributed by atoms with Gasteiger partial charge in [0.15, 0.2) is 6.61 Å². The third kappa shape index (κ3) is 5.32. The van der Waals surface area contributed by atoms with Crippen molar-refractivity contribution in [1.82, 2.24) is 0 Å². The van der Waals surface area contributed by atoms with Crippen LogP contribution in [0.2, 0.25) is 0 Å². The van der Waals surface area contributed by atoms with E-state index in [-0.39, 0.29) is 25.5 Å². The van der Waals surface area contributed by atoms with Crippen molar-refractivity contribution < 1.29 is 19.1 Å². The largest absolute Gasteiger partial charge is 0.455 e. The summed E-state index contributed by atoms with van der Waals surface area (Å²) < 4.78 is 5.24. The molecule has 6 nitrogen and oxygen atoms in total. The summed E-state index contributed by atoms with van der Waals surface area (Å²) >= 11 is 0. The lowest BCUT2D eigenvalue weighted by atomic mass is 10.0. The summed E-state index contributed by atoms with van der Waals surface area (Å²) in [5.41, 5.74) is 5.85. The Morgan fingerprint density at radius 1 is 1.06 bits per heavy atom. The van der Waals surface area contributed by atoms with Crippen LogP contribution in [0.25, 0.3) is 0 Å². The van der Waals surface area contributed by atoms with Gasteiger partial charge in [0.2, 0.25) is 5.91 Å². The number of aryl methyl sites for hydroxylation is 4. The molecular formula is C25H30N2O4. The maximum atomic E-state index is 12.7. The number of rotatable bonds is 7. The summed E-state index contributed by atoms with van der Waals surface area (Å²) in [6.45, 7) is 7.92. The first-order valence-corrected chi connectivity index (χ1v) is 10.8. The molecule has 0 aliphatic carbocycles. The van der Waals surface area contributed by atoms with Gasteiger partial charge >= 0.3 is 5.97 Å². The van der Waals surface area contributed by atoms with E-state index in [1.165, 1.54) is 0 Å². The second-order valence-electron chi connectivity index (χ2n) is 8.07. The van der Waals surface area contributed by atoms with Crippen LogP contribution < -0.4 is 10.2 Å². The molecule has 0 spiro atoms. The molecule has 2 aromatic rings. The van der Waals surface area contributed by atoms with E-state index < -0.39 is 17.8 Å². The minimum atomic E-state index is -0.573. The summed E-state index contributed by atoms with van der Waals surface area (Å²) in [7, 11) is 0. The Morgan fingerprint density at radius 3 is 2.26 bits per heavy atom. The van der Waals surface area contributed by atoms with Crippen molar-refractivity contribution in [2.75, 3.05) is 23.4 Å². The molecule has 2 aromatic carbocycles. The molecule has 3 rings (SSSR count). The molecule has 0 bridgehead atoms. The number of ether oxygens (including phenoxy) is 1. The van der Waals surface area contributed by atoms with E-state index in [0.29, 0.717) is 5.69 Å². The van der Waals surface area contributed by atoms with Crippen molar-refractivity contribution in [2.24, 2.45) is 5.92 Å². The number of benzene rings is 2. The van der Waals surface area contributed by atoms with Gasteiger partial charge in [-0.05, 0) is 61.1 Å². The van der Waals surface area contributed by atoms with Crippen molar-refractivity contribution in [3.05, 3.63) is 58.7 Å². The second kappa shape index (κ2) is 9.77. The smallest absolute Gasteiger partial charge is 0.311 e. The Balaban J connectivity index is 1.61. The van der Waals surface area contributed by atoms with Crippen LogP contribution in [0.15, 0.2) is 36.4 Å². The fraction of sp³-hybridized carbons (Fsp3) is 0.400. The average molecular weight is 423 g/mol. The predicted octanol–water partition coefficient (Wildman–Crippen LogP) is 3.96. The molecule has 1 heterocycles. The van der Waals surface area contributed by atoms with Gasteiger partial charge in [-0.1, -0.05) is 38.1 Å². The van der Waals surface area contributed by atoms with Gasteiger partial charge < -0.3 is 15.0 Å². The predicted molar refractivity (Wildman–Crippen MR) is 121 cm³/mol. The van der Waals surface area contributed by atoms with Gasteiger partial charge in [0, 0.05) is 24.3 Å². The monoisotopic (exact) mass is 422 g/mol. The second-order valence-corrected chi connectivity index (χ2v) is 8.07. The molecule has 31 heavy (non-hydrogen) atoms. The quantitative estimate of drug-likeness (QED) is 0.685. The van der Waals surface area contributed by atoms with Crippen molar-refractivity contribution in [1.29, 1.82) is 0 Å². The number of anilines is 2. The zero-order chi connectivity index (χ0) is 22.5. The van der Waals surface area contributed by atoms with Crippen molar-refractivity contribution in [3.8, 4) is 0 Å². The van der Waals surface area contributed by atoms with Crippen LogP contribution >= 0.6 is 0 Å². The minimum Gasteiger partial charge on any atom is -0.455 e. The number of carbonyl (C=O) groups excluding carboxylic acids is 3. The SMILES string of the molecule is CCc1cccc(CC)c1N1C[C@@H](C(=O)OCC(=O)Nc2cc(C)cc(C)c2)CC1=O. The molecule has 1 aliphatic rings. The molecule has 6 heteroatoms. The molecule has 0 aromatic heterocycles. The minimum absolute atomic E-state index is 0.0859. The first-order valence-electron chi connectivity index (χ1n) is 10.8. The number of nitrogens with zero attached hydrogens (tertiary/aromatic N) is 1. The number of para-hydroxylation sites is 1. The zero-order valence-corrected chi connectivity index (χ0v) is 18.7. The highest BCUT2D eigenvalue weighted by atomic mass is 16.5. The highest BCUT2D eigenvalue weighted by Crippen LogP contribution is 2.32. The molecule has 1 fully saturated rings. The van der Waals surface area contributed by atoms with Gasteiger partial charge in [-0.15, -0.1) is 0 Å². The fourth-order valence-corrected chi connectivity index (χ4v) is 4.14. The average Bonchev–Trinajstić information content (AvgIpc) is 3.11. The third-order valence-electron chi connectivity index (χ3n) is 5.54. The molecule has 0 unspecified atom stereocenters. The number of hydrogen-bond donors (Lipinski definition) is 1. The summed E-state index contributed by atoms with van der Waals surface area (Å²) in [5.74, 6) is -1.57. The standard InChI is InChI=1S/C25H30N2O4/c1-5-18-8-7-9-19(6-2)24(18)27-14-20(13-23(27)29)25(30)31-15-22(28)26-21-11-16(3)10-17(4)12-21/h7-12,20H,5-6,13-15H2,1-4H3,(H,26,28)/t20-/m0/s1. The zero-order valence-electron chi connectivity index (χ0n) is 18.7. The number of hydrogen-bond acceptors (Lipinski definition) is 4. The van der Waals surface area contributed by atoms with E-state index in [0.717, 1.165) is 40.8 Å². The molecule has 0 saturated carbocycles. The third-order valence-corrected chi connectivity index (χ3v) is 5.54. The van der Waals surface area contributed by atoms with Crippen LogP contribution in [0.3, 0.4) is 0 Å². The number of carbonyl (C=O) groups is 3. The molecule has 1 atom stereocenters. The van der Waals surface area contributed by atoms with Crippen LogP contribution in [0, 0.1) is 19.8 Å². The first kappa shape index (κ1) is 22.5. The molecule has 2 amide bonds. The van der Waals surface area contributed by atoms with E-state index >= 15 is 0 Å². The van der Waals surface area contributed by atoms with Gasteiger partial charge in [0.25, 0.3) is 5.91 Å². The highest BCUT2D eigenvalue weighted by molar-refractivity contribution is 6.01. The van der Waals surface area contributed by atoms with Gasteiger partial charge in [-0.2, -0.15) is 0 Å². The van der Waals surface area contributed by atoms with E-state index in [1.807, 2.05) is 50.2 Å². The topological polar surface area (TPSA) is 75.7 Å². The Labute approximate surface area is 183 Å². The summed E-state index contributed by atoms with van der Waals surface area (Å²) in [5, 5.41) is 2.75. The normalized spacial score (nSPS) is 15.8. The van der Waals surface area contributed by atoms with Crippen molar-refractivity contribution >= 4 is 29.2 Å². The Kier molecular flexibility index (Phi) is 7.10. The summed E-state index contributed by atoms with van der Waals surface area (Å²) in [6, 6.07) is 11.8. The molecule has 164 valence electrons. The van der Waals surface area contributed by atoms with Crippen LogP contribution in [0.4, 0.5) is 11.4 Å². The summed E-state index contributed by atoms with van der Waals surface area (Å²) in [4.78, 5) is 39.2. The van der Waals surface area contributed by atoms with Gasteiger partial charge in [0.05, 0.1) is 5.92 Å². The number of esters is 1. The van der Waals surface area contributed by atoms with Gasteiger partial charge in [0.1, 0.15) is 0 Å². The van der Waals surface area contributed by atoms with E-state index in [1.54, 1.807) is 4.90 Å². The van der Waals surface area contributed by atoms with E-state index in [2.05, 4.69) is 19.2 Å². The van der Waals surface area contributed by atoms with Crippen LogP contribution in [0.1, 0.15) is 42.5 Å². The van der Waals surface area contributed by atoms with Crippen LogP contribution in [0.5, 0.6) is 0 Å². The maximum Gasteiger partial charge on any atom is 0.311 e. The van der Waals surface area contributed by atoms with E-state index in [4.69, 9.17) is 4.74 Å². The number of amides is 2. The first-order chi connectivity index (χ1) is 14.8. The highest BCUT2D eigenvalue weighted by Gasteiger charge is 2.37. The Morgan fingerprint density at radius 2 is 1.68 bits per heavy atom. The van der Waals surface area contributed by atoms with Crippen molar-refractivity contribution in [2.45, 2.75) is 47.0 Å². The molecule has 1 N–H and O–H groups in total. The van der Waals surface area contributed by atoms with Crippen LogP contribution in [-0.4, -0.2) is 30.9 Å². The fourth-order valence-electron chi connectivity index (χ4n) is 4.14. The molecule has 1 aliphatic heterocycles. The van der Waals surface area contributed by atoms with Gasteiger partial charge in [-0.3, -0.25) is 14.4 Å². The van der Waals surface area contributed by atoms with Crippen molar-refractivity contribution in [3.63, 3.8) is 0 Å². The lowest BCUT2D eigenvalue weighted by Gasteiger charge is -2.23. The summed E-state index contributed by atoms with van der Waals surface area (Å²) in [6.07, 6.45) is 1.71. The van der Waals surface area contributed by atoms with Crippen LogP contribution in [-0.2, 0) is 32.0 Å². The molecular weight excluding hydrogens is 392 g/mol. The Bertz CT molecular complexity index is 957. The maximum absolute atomic E-state index is 12.7. The Hall–Kier alpha value is -3.15. The lowest BCUT2D eigenvalue weighted by Crippen LogP contribution is -2.29. The lowest BCUT2D eigenvalue weighted by molar-refractivity contribution is -0.151. The number of nitrogens with one attached hydrogen (secondary N) is 1.